The molecule has 1 saturated carbocycles. The lowest BCUT2D eigenvalue weighted by atomic mass is 10.2. The molecule has 98 valence electrons. The lowest BCUT2D eigenvalue weighted by Gasteiger charge is -2.24. The summed E-state index contributed by atoms with van der Waals surface area (Å²) < 4.78 is 5.33. The van der Waals surface area contributed by atoms with E-state index in [1.165, 1.54) is 0 Å². The topological polar surface area (TPSA) is 55.6 Å². The molecule has 0 bridgehead atoms. The Morgan fingerprint density at radius 3 is 2.78 bits per heavy atom. The van der Waals surface area contributed by atoms with E-state index in [4.69, 9.17) is 10.5 Å². The number of benzene rings is 1. The number of hydrogen-bond acceptors (Lipinski definition) is 3. The first-order valence-electron chi connectivity index (χ1n) is 6.42. The molecule has 1 aromatic carbocycles. The van der Waals surface area contributed by atoms with Gasteiger partial charge in [-0.05, 0) is 37.9 Å². The fourth-order valence-electron chi connectivity index (χ4n) is 2.00. The molecule has 1 aliphatic carbocycles. The first-order valence-corrected chi connectivity index (χ1v) is 6.42. The zero-order valence-electron chi connectivity index (χ0n) is 10.8. The Morgan fingerprint density at radius 2 is 2.17 bits per heavy atom. The summed E-state index contributed by atoms with van der Waals surface area (Å²) in [5.74, 6) is 1.14. The van der Waals surface area contributed by atoms with Gasteiger partial charge in [-0.15, -0.1) is 0 Å². The summed E-state index contributed by atoms with van der Waals surface area (Å²) in [6.45, 7) is 1.25. The number of rotatable bonds is 6. The summed E-state index contributed by atoms with van der Waals surface area (Å²) in [7, 11) is 1.63. The van der Waals surface area contributed by atoms with E-state index in [1.807, 2.05) is 29.2 Å². The summed E-state index contributed by atoms with van der Waals surface area (Å²) in [6, 6.07) is 7.64. The van der Waals surface area contributed by atoms with Crippen LogP contribution in [-0.2, 0) is 4.79 Å². The monoisotopic (exact) mass is 248 g/mol. The summed E-state index contributed by atoms with van der Waals surface area (Å²) in [6.07, 6.45) is 2.82. The highest BCUT2D eigenvalue weighted by molar-refractivity contribution is 5.97. The normalized spacial score (nSPS) is 14.3. The number of carbonyl (C=O) groups excluding carboxylic acids is 1. The van der Waals surface area contributed by atoms with Crippen LogP contribution in [0, 0.1) is 5.92 Å². The molecule has 2 rings (SSSR count). The van der Waals surface area contributed by atoms with E-state index >= 15 is 0 Å². The van der Waals surface area contributed by atoms with Gasteiger partial charge in [0.2, 0.25) is 5.91 Å². The minimum atomic E-state index is 0.202. The van der Waals surface area contributed by atoms with Crippen molar-refractivity contribution in [1.82, 2.24) is 0 Å². The average Bonchev–Trinajstić information content (AvgIpc) is 3.23. The van der Waals surface area contributed by atoms with Gasteiger partial charge < -0.3 is 15.4 Å². The predicted molar refractivity (Wildman–Crippen MR) is 71.7 cm³/mol. The van der Waals surface area contributed by atoms with Gasteiger partial charge in [0.15, 0.2) is 0 Å². The van der Waals surface area contributed by atoms with Crippen LogP contribution in [0.3, 0.4) is 0 Å². The molecule has 1 fully saturated rings. The van der Waals surface area contributed by atoms with Crippen LogP contribution in [0.15, 0.2) is 24.3 Å². The number of amides is 1. The third kappa shape index (κ3) is 2.82. The van der Waals surface area contributed by atoms with E-state index in [0.717, 1.165) is 30.7 Å². The molecular formula is C14H20N2O2. The van der Waals surface area contributed by atoms with E-state index in [2.05, 4.69) is 0 Å². The smallest absolute Gasteiger partial charge is 0.230 e. The van der Waals surface area contributed by atoms with Crippen LogP contribution in [0.2, 0.25) is 0 Å². The Hall–Kier alpha value is -1.55. The highest BCUT2D eigenvalue weighted by Crippen LogP contribution is 2.35. The first kappa shape index (κ1) is 12.9. The summed E-state index contributed by atoms with van der Waals surface area (Å²) in [5.41, 5.74) is 6.40. The Balaban J connectivity index is 2.23. The molecule has 18 heavy (non-hydrogen) atoms. The third-order valence-corrected chi connectivity index (χ3v) is 3.15. The van der Waals surface area contributed by atoms with Gasteiger partial charge in [-0.2, -0.15) is 0 Å². The molecule has 4 heteroatoms. The number of methoxy groups -OCH3 is 1. The molecule has 1 aromatic rings. The van der Waals surface area contributed by atoms with Crippen molar-refractivity contribution < 1.29 is 9.53 Å². The lowest BCUT2D eigenvalue weighted by molar-refractivity contribution is -0.119. The Morgan fingerprint density at radius 1 is 1.44 bits per heavy atom. The molecule has 0 radical (unpaired) electrons. The standard InChI is InChI=1S/C14H20N2O2/c1-18-13-6-3-2-5-12(13)16(10-4-9-15)14(17)11-7-8-11/h2-3,5-6,11H,4,7-10,15H2,1H3. The Labute approximate surface area is 108 Å². The van der Waals surface area contributed by atoms with Crippen LogP contribution in [0.5, 0.6) is 5.75 Å². The number of hydrogen-bond donors (Lipinski definition) is 1. The number of anilines is 1. The maximum Gasteiger partial charge on any atom is 0.230 e. The van der Waals surface area contributed by atoms with Gasteiger partial charge in [-0.3, -0.25) is 4.79 Å². The van der Waals surface area contributed by atoms with E-state index in [1.54, 1.807) is 7.11 Å². The average molecular weight is 248 g/mol. The van der Waals surface area contributed by atoms with Crippen molar-refractivity contribution in [2.75, 3.05) is 25.1 Å². The van der Waals surface area contributed by atoms with Gasteiger partial charge in [0.1, 0.15) is 5.75 Å². The van der Waals surface area contributed by atoms with Crippen LogP contribution < -0.4 is 15.4 Å². The predicted octanol–water partition coefficient (Wildman–Crippen LogP) is 1.79. The van der Waals surface area contributed by atoms with Gasteiger partial charge in [-0.25, -0.2) is 0 Å². The SMILES string of the molecule is COc1ccccc1N(CCCN)C(=O)C1CC1. The van der Waals surface area contributed by atoms with E-state index in [9.17, 15) is 4.79 Å². The van der Waals surface area contributed by atoms with Crippen molar-refractivity contribution in [3.8, 4) is 5.75 Å². The summed E-state index contributed by atoms with van der Waals surface area (Å²) in [5, 5.41) is 0. The fraction of sp³-hybridized carbons (Fsp3) is 0.500. The summed E-state index contributed by atoms with van der Waals surface area (Å²) in [4.78, 5) is 14.1. The molecule has 1 amide bonds. The molecule has 0 unspecified atom stereocenters. The Kier molecular flexibility index (Phi) is 4.20. The van der Waals surface area contributed by atoms with Crippen molar-refractivity contribution >= 4 is 11.6 Å². The largest absolute Gasteiger partial charge is 0.495 e. The van der Waals surface area contributed by atoms with E-state index in [-0.39, 0.29) is 11.8 Å². The highest BCUT2D eigenvalue weighted by Gasteiger charge is 2.34. The fourth-order valence-corrected chi connectivity index (χ4v) is 2.00. The van der Waals surface area contributed by atoms with Crippen molar-refractivity contribution in [3.05, 3.63) is 24.3 Å². The molecular weight excluding hydrogens is 228 g/mol. The van der Waals surface area contributed by atoms with E-state index < -0.39 is 0 Å². The second-order valence-corrected chi connectivity index (χ2v) is 4.58. The van der Waals surface area contributed by atoms with Crippen LogP contribution in [0.4, 0.5) is 5.69 Å². The number of carbonyl (C=O) groups is 1. The van der Waals surface area contributed by atoms with Crippen molar-refractivity contribution in [2.24, 2.45) is 11.7 Å². The highest BCUT2D eigenvalue weighted by atomic mass is 16.5. The molecule has 0 aliphatic heterocycles. The molecule has 0 spiro atoms. The minimum absolute atomic E-state index is 0.202. The van der Waals surface area contributed by atoms with Crippen LogP contribution in [0.1, 0.15) is 19.3 Å². The number of ether oxygens (including phenoxy) is 1. The maximum absolute atomic E-state index is 12.3. The van der Waals surface area contributed by atoms with Crippen molar-refractivity contribution in [3.63, 3.8) is 0 Å². The van der Waals surface area contributed by atoms with Gasteiger partial charge >= 0.3 is 0 Å². The minimum Gasteiger partial charge on any atom is -0.495 e. The van der Waals surface area contributed by atoms with E-state index in [0.29, 0.717) is 13.1 Å². The Bertz CT molecular complexity index is 416. The van der Waals surface area contributed by atoms with Gasteiger partial charge in [0.25, 0.3) is 0 Å². The van der Waals surface area contributed by atoms with Gasteiger partial charge in [0.05, 0.1) is 12.8 Å². The van der Waals surface area contributed by atoms with Gasteiger partial charge in [-0.1, -0.05) is 12.1 Å². The van der Waals surface area contributed by atoms with Crippen LogP contribution in [-0.4, -0.2) is 26.1 Å². The zero-order valence-corrected chi connectivity index (χ0v) is 10.8. The summed E-state index contributed by atoms with van der Waals surface area (Å²) >= 11 is 0. The molecule has 4 nitrogen and oxygen atoms in total. The van der Waals surface area contributed by atoms with Crippen molar-refractivity contribution in [1.29, 1.82) is 0 Å². The number of nitrogens with zero attached hydrogens (tertiary/aromatic N) is 1. The lowest BCUT2D eigenvalue weighted by Crippen LogP contribution is -2.34. The van der Waals surface area contributed by atoms with Crippen LogP contribution >= 0.6 is 0 Å². The number of nitrogens with two attached hydrogens (primary N) is 1. The van der Waals surface area contributed by atoms with Gasteiger partial charge in [0, 0.05) is 12.5 Å². The van der Waals surface area contributed by atoms with Crippen LogP contribution in [0.25, 0.3) is 0 Å². The zero-order chi connectivity index (χ0) is 13.0. The molecule has 2 N–H and O–H groups in total. The second kappa shape index (κ2) is 5.87. The molecule has 0 heterocycles. The quantitative estimate of drug-likeness (QED) is 0.835. The first-order chi connectivity index (χ1) is 8.77. The second-order valence-electron chi connectivity index (χ2n) is 4.58. The molecule has 1 aliphatic rings. The maximum atomic E-state index is 12.3. The third-order valence-electron chi connectivity index (χ3n) is 3.15. The number of para-hydroxylation sites is 2. The molecule has 0 saturated heterocycles. The van der Waals surface area contributed by atoms with Crippen molar-refractivity contribution in [2.45, 2.75) is 19.3 Å². The molecule has 0 aromatic heterocycles. The molecule has 0 atom stereocenters.